The predicted molar refractivity (Wildman–Crippen MR) is 339 cm³/mol. The molecule has 0 N–H and O–H groups in total. The molecule has 0 amide bonds. The molecule has 0 fully saturated rings. The van der Waals surface area contributed by atoms with E-state index in [-0.39, 0.29) is 11.8 Å². The second kappa shape index (κ2) is 23.1. The van der Waals surface area contributed by atoms with E-state index in [1.807, 2.05) is 0 Å². The fourth-order valence-electron chi connectivity index (χ4n) is 11.5. The van der Waals surface area contributed by atoms with Crippen molar-refractivity contribution < 1.29 is 0 Å². The van der Waals surface area contributed by atoms with Crippen molar-refractivity contribution in [3.63, 3.8) is 0 Å². The van der Waals surface area contributed by atoms with E-state index in [0.29, 0.717) is 0 Å². The standard InChI is InChI=1S/C78H64N2/c1-55-15-11-19-67(51-55)77(68-20-12-16-56(2)52-68)65-31-27-59(28-32-65)61-35-43-73(44-36-61)79(71-23-7-5-8-24-71)75-47-39-63(40-48-75)64-41-49-76(50-42-64)80(72-25-9-6-10-26-72)74-45-37-62(38-46-74)60-29-33-66(34-30-60)78(69-21-13-17-57(3)53-69)70-22-14-18-58(4)54-70/h5-54,77-78H,1-4H3. The first-order valence-electron chi connectivity index (χ1n) is 27.9. The van der Waals surface area contributed by atoms with Crippen LogP contribution < -0.4 is 9.80 Å². The van der Waals surface area contributed by atoms with Gasteiger partial charge in [0.05, 0.1) is 0 Å². The lowest BCUT2D eigenvalue weighted by atomic mass is 9.83. The second-order valence-electron chi connectivity index (χ2n) is 21.3. The number of rotatable bonds is 15. The molecule has 2 nitrogen and oxygen atoms in total. The summed E-state index contributed by atoms with van der Waals surface area (Å²) in [4.78, 5) is 4.67. The van der Waals surface area contributed by atoms with Gasteiger partial charge >= 0.3 is 0 Å². The van der Waals surface area contributed by atoms with Crippen molar-refractivity contribution in [2.24, 2.45) is 0 Å². The van der Waals surface area contributed by atoms with Crippen LogP contribution in [0.2, 0.25) is 0 Å². The van der Waals surface area contributed by atoms with Gasteiger partial charge in [0.1, 0.15) is 0 Å². The van der Waals surface area contributed by atoms with Gasteiger partial charge in [-0.2, -0.15) is 0 Å². The van der Waals surface area contributed by atoms with Crippen LogP contribution in [-0.4, -0.2) is 0 Å². The Morgan fingerprint density at radius 1 is 0.188 bits per heavy atom. The summed E-state index contributed by atoms with van der Waals surface area (Å²) in [7, 11) is 0. The first-order valence-corrected chi connectivity index (χ1v) is 27.9. The molecule has 0 bridgehead atoms. The Balaban J connectivity index is 0.774. The van der Waals surface area contributed by atoms with Gasteiger partial charge in [0.15, 0.2) is 0 Å². The highest BCUT2D eigenvalue weighted by atomic mass is 15.1. The maximum Gasteiger partial charge on any atom is 0.0462 e. The van der Waals surface area contributed by atoms with E-state index in [0.717, 1.165) is 45.3 Å². The summed E-state index contributed by atoms with van der Waals surface area (Å²) in [6.45, 7) is 8.70. The van der Waals surface area contributed by atoms with E-state index >= 15 is 0 Å². The highest BCUT2D eigenvalue weighted by molar-refractivity contribution is 5.82. The lowest BCUT2D eigenvalue weighted by Gasteiger charge is -2.26. The van der Waals surface area contributed by atoms with Gasteiger partial charge in [-0.15, -0.1) is 0 Å². The Morgan fingerprint density at radius 2 is 0.400 bits per heavy atom. The number of para-hydroxylation sites is 2. The van der Waals surface area contributed by atoms with E-state index in [4.69, 9.17) is 0 Å². The quantitative estimate of drug-likeness (QED) is 0.0944. The monoisotopic (exact) mass is 1030 g/mol. The Hall–Kier alpha value is -9.76. The number of hydrogen-bond acceptors (Lipinski definition) is 2. The molecule has 0 radical (unpaired) electrons. The van der Waals surface area contributed by atoms with Crippen LogP contribution in [-0.2, 0) is 0 Å². The van der Waals surface area contributed by atoms with E-state index < -0.39 is 0 Å². The van der Waals surface area contributed by atoms with E-state index in [1.54, 1.807) is 0 Å². The average molecular weight is 1030 g/mol. The molecule has 0 spiro atoms. The highest BCUT2D eigenvalue weighted by Gasteiger charge is 2.21. The molecule has 80 heavy (non-hydrogen) atoms. The summed E-state index contributed by atoms with van der Waals surface area (Å²) >= 11 is 0. The second-order valence-corrected chi connectivity index (χ2v) is 21.3. The summed E-state index contributed by atoms with van der Waals surface area (Å²) in [5, 5.41) is 0. The minimum Gasteiger partial charge on any atom is -0.311 e. The van der Waals surface area contributed by atoms with Crippen molar-refractivity contribution in [3.8, 4) is 33.4 Å². The molecule has 0 aliphatic carbocycles. The fourth-order valence-corrected chi connectivity index (χ4v) is 11.5. The average Bonchev–Trinajstić information content (AvgIpc) is 3.50. The summed E-state index contributed by atoms with van der Waals surface area (Å²) < 4.78 is 0. The lowest BCUT2D eigenvalue weighted by molar-refractivity contribution is 0.971. The third kappa shape index (κ3) is 11.2. The minimum atomic E-state index is 0.155. The van der Waals surface area contributed by atoms with Gasteiger partial charge in [-0.25, -0.2) is 0 Å². The van der Waals surface area contributed by atoms with Gasteiger partial charge in [0, 0.05) is 46.0 Å². The third-order valence-electron chi connectivity index (χ3n) is 15.5. The number of nitrogens with zero attached hydrogens (tertiary/aromatic N) is 2. The minimum absolute atomic E-state index is 0.155. The molecular formula is C78H64N2. The van der Waals surface area contributed by atoms with Gasteiger partial charge in [-0.1, -0.05) is 253 Å². The number of benzene rings is 12. The molecule has 386 valence electrons. The fraction of sp³-hybridized carbons (Fsp3) is 0.0769. The zero-order valence-electron chi connectivity index (χ0n) is 45.9. The SMILES string of the molecule is Cc1cccc(C(c2ccc(-c3ccc(N(c4ccccc4)c4ccc(-c5ccc(N(c6ccccc6)c6ccc(-c7ccc(C(c8cccc(C)c8)c8cccc(C)c8)cc7)cc6)cc5)cc4)cc3)cc2)c2cccc(C)c2)c1. The first-order chi connectivity index (χ1) is 39.3. The smallest absolute Gasteiger partial charge is 0.0462 e. The Morgan fingerprint density at radius 3 is 0.625 bits per heavy atom. The van der Waals surface area contributed by atoms with Crippen LogP contribution >= 0.6 is 0 Å². The molecule has 0 atom stereocenters. The molecule has 0 aromatic heterocycles. The lowest BCUT2D eigenvalue weighted by Crippen LogP contribution is -2.10. The van der Waals surface area contributed by atoms with Gasteiger partial charge in [0.2, 0.25) is 0 Å². The van der Waals surface area contributed by atoms with Gasteiger partial charge in [-0.05, 0) is 167 Å². The molecule has 2 heteroatoms. The summed E-state index contributed by atoms with van der Waals surface area (Å²) in [6, 6.07) is 111. The Bertz CT molecular complexity index is 3640. The molecule has 0 saturated heterocycles. The van der Waals surface area contributed by atoms with Crippen LogP contribution in [0.3, 0.4) is 0 Å². The Kier molecular flexibility index (Phi) is 14.7. The molecular weight excluding hydrogens is 965 g/mol. The molecule has 0 heterocycles. The van der Waals surface area contributed by atoms with Crippen LogP contribution in [0.25, 0.3) is 33.4 Å². The van der Waals surface area contributed by atoms with Crippen LogP contribution in [0, 0.1) is 27.7 Å². The van der Waals surface area contributed by atoms with E-state index in [1.165, 1.54) is 77.9 Å². The summed E-state index contributed by atoms with van der Waals surface area (Å²) in [5.41, 5.74) is 26.5. The number of aryl methyl sites for hydroxylation is 4. The van der Waals surface area contributed by atoms with E-state index in [2.05, 4.69) is 341 Å². The zero-order valence-corrected chi connectivity index (χ0v) is 45.9. The maximum absolute atomic E-state index is 2.33. The largest absolute Gasteiger partial charge is 0.311 e. The molecule has 12 aromatic rings. The molecule has 12 rings (SSSR count). The van der Waals surface area contributed by atoms with Gasteiger partial charge in [-0.3, -0.25) is 0 Å². The van der Waals surface area contributed by atoms with Crippen molar-refractivity contribution in [1.82, 2.24) is 0 Å². The molecule has 0 saturated carbocycles. The number of hydrogen-bond donors (Lipinski definition) is 0. The molecule has 12 aromatic carbocycles. The van der Waals surface area contributed by atoms with Crippen molar-refractivity contribution in [2.75, 3.05) is 9.80 Å². The van der Waals surface area contributed by atoms with Crippen molar-refractivity contribution in [2.45, 2.75) is 39.5 Å². The van der Waals surface area contributed by atoms with Crippen molar-refractivity contribution in [1.29, 1.82) is 0 Å². The highest BCUT2D eigenvalue weighted by Crippen LogP contribution is 2.41. The number of anilines is 6. The first kappa shape index (κ1) is 51.0. The molecule has 0 aliphatic rings. The van der Waals surface area contributed by atoms with Crippen LogP contribution in [0.1, 0.15) is 67.5 Å². The Labute approximate surface area is 473 Å². The van der Waals surface area contributed by atoms with E-state index in [9.17, 15) is 0 Å². The normalized spacial score (nSPS) is 11.2. The third-order valence-corrected chi connectivity index (χ3v) is 15.5. The molecule has 0 aliphatic heterocycles. The van der Waals surface area contributed by atoms with Crippen molar-refractivity contribution in [3.05, 3.63) is 359 Å². The van der Waals surface area contributed by atoms with Crippen LogP contribution in [0.15, 0.2) is 303 Å². The summed E-state index contributed by atoms with van der Waals surface area (Å²) in [6.07, 6.45) is 0. The van der Waals surface area contributed by atoms with Crippen molar-refractivity contribution >= 4 is 34.1 Å². The van der Waals surface area contributed by atoms with Gasteiger partial charge in [0.25, 0.3) is 0 Å². The van der Waals surface area contributed by atoms with Gasteiger partial charge < -0.3 is 9.80 Å². The molecule has 0 unspecified atom stereocenters. The zero-order chi connectivity index (χ0) is 54.4. The summed E-state index contributed by atoms with van der Waals surface area (Å²) in [5.74, 6) is 0.309. The predicted octanol–water partition coefficient (Wildman–Crippen LogP) is 21.2. The maximum atomic E-state index is 2.33. The van der Waals surface area contributed by atoms with Crippen LogP contribution in [0.4, 0.5) is 34.1 Å². The topological polar surface area (TPSA) is 6.48 Å². The van der Waals surface area contributed by atoms with Crippen LogP contribution in [0.5, 0.6) is 0 Å².